The number of alkyl halides is 1. The quantitative estimate of drug-likeness (QED) is 0.409. The molecule has 0 aromatic rings. The number of carbonyl (C=O) groups excluding carboxylic acids is 2. The van der Waals surface area contributed by atoms with Gasteiger partial charge < -0.3 is 25.0 Å². The Morgan fingerprint density at radius 2 is 1.90 bits per heavy atom. The summed E-state index contributed by atoms with van der Waals surface area (Å²) in [5.74, 6) is 0.283. The van der Waals surface area contributed by atoms with Gasteiger partial charge in [0.25, 0.3) is 0 Å². The molecule has 5 fully saturated rings. The fourth-order valence-corrected chi connectivity index (χ4v) is 9.67. The molecule has 12 atom stereocenters. The van der Waals surface area contributed by atoms with Crippen molar-refractivity contribution in [1.29, 1.82) is 5.26 Å². The molecule has 218 valence electrons. The predicted molar refractivity (Wildman–Crippen MR) is 151 cm³/mol. The molecule has 12 unspecified atom stereocenters. The summed E-state index contributed by atoms with van der Waals surface area (Å²) in [4.78, 5) is 29.0. The second-order valence-corrected chi connectivity index (χ2v) is 14.1. The number of ether oxygens (including phenoxy) is 2. The van der Waals surface area contributed by atoms with E-state index in [0.717, 1.165) is 44.9 Å². The second-order valence-electron chi connectivity index (χ2n) is 12.2. The summed E-state index contributed by atoms with van der Waals surface area (Å²) < 4.78 is 11.5. The molecule has 9 nitrogen and oxygen atoms in total. The number of nitrogens with one attached hydrogen (secondary N) is 3. The SMILES string of the molecule is COC1CCC(C#N)CC1C1CC(C)NCC1C(=O)NC1NC2CN(C(=O)C3CCCC(Cl)C3OC)CC2S1. The second kappa shape index (κ2) is 12.8. The number of methoxy groups -OCH3 is 2. The van der Waals surface area contributed by atoms with E-state index in [-0.39, 0.29) is 75.8 Å². The number of nitriles is 1. The van der Waals surface area contributed by atoms with Crippen LogP contribution < -0.4 is 16.0 Å². The van der Waals surface area contributed by atoms with Crippen molar-refractivity contribution in [3.63, 3.8) is 0 Å². The fraction of sp³-hybridized carbons (Fsp3) is 0.893. The molecule has 0 aromatic heterocycles. The van der Waals surface area contributed by atoms with Crippen LogP contribution in [0.5, 0.6) is 0 Å². The van der Waals surface area contributed by atoms with Crippen LogP contribution in [0, 0.1) is 40.9 Å². The zero-order chi connectivity index (χ0) is 27.7. The number of hydrogen-bond acceptors (Lipinski definition) is 8. The van der Waals surface area contributed by atoms with E-state index in [1.54, 1.807) is 26.0 Å². The molecule has 2 saturated carbocycles. The Hall–Kier alpha value is -1.09. The van der Waals surface area contributed by atoms with Crippen molar-refractivity contribution in [2.24, 2.45) is 29.6 Å². The number of rotatable bonds is 6. The van der Waals surface area contributed by atoms with Crippen molar-refractivity contribution in [2.45, 2.75) is 92.3 Å². The van der Waals surface area contributed by atoms with Gasteiger partial charge in [0.2, 0.25) is 11.8 Å². The van der Waals surface area contributed by atoms with Crippen LogP contribution in [0.1, 0.15) is 51.9 Å². The number of hydrogen-bond donors (Lipinski definition) is 3. The lowest BCUT2D eigenvalue weighted by Gasteiger charge is -2.44. The summed E-state index contributed by atoms with van der Waals surface area (Å²) in [5, 5.41) is 20.1. The van der Waals surface area contributed by atoms with Gasteiger partial charge >= 0.3 is 0 Å². The molecule has 39 heavy (non-hydrogen) atoms. The molecule has 3 aliphatic heterocycles. The topological polar surface area (TPSA) is 116 Å². The van der Waals surface area contributed by atoms with Gasteiger partial charge in [-0.05, 0) is 57.3 Å². The van der Waals surface area contributed by atoms with Crippen LogP contribution in [0.15, 0.2) is 0 Å². The first-order valence-electron chi connectivity index (χ1n) is 14.7. The third-order valence-electron chi connectivity index (χ3n) is 9.90. The van der Waals surface area contributed by atoms with Crippen molar-refractivity contribution in [3.8, 4) is 6.07 Å². The smallest absolute Gasteiger partial charge is 0.228 e. The van der Waals surface area contributed by atoms with Gasteiger partial charge in [-0.15, -0.1) is 23.4 Å². The van der Waals surface area contributed by atoms with E-state index in [9.17, 15) is 14.9 Å². The van der Waals surface area contributed by atoms with Gasteiger partial charge in [0, 0.05) is 57.1 Å². The average molecular weight is 582 g/mol. The molecule has 5 rings (SSSR count). The number of fused-ring (bicyclic) bond motifs is 1. The molecular formula is C28H44ClN5O4S. The number of piperidine rings is 1. The Balaban J connectivity index is 1.17. The van der Waals surface area contributed by atoms with Crippen molar-refractivity contribution < 1.29 is 19.1 Å². The average Bonchev–Trinajstić information content (AvgIpc) is 3.50. The summed E-state index contributed by atoms with van der Waals surface area (Å²) in [6.07, 6.45) is 5.97. The normalized spacial score (nSPS) is 44.4. The summed E-state index contributed by atoms with van der Waals surface area (Å²) in [6, 6.07) is 2.94. The number of thioether (sulfide) groups is 1. The lowest BCUT2D eigenvalue weighted by molar-refractivity contribution is -0.141. The van der Waals surface area contributed by atoms with Crippen molar-refractivity contribution in [2.75, 3.05) is 33.9 Å². The maximum absolute atomic E-state index is 13.7. The Morgan fingerprint density at radius 3 is 2.62 bits per heavy atom. The number of halogens is 1. The molecule has 3 N–H and O–H groups in total. The molecule has 5 aliphatic rings. The van der Waals surface area contributed by atoms with E-state index < -0.39 is 0 Å². The van der Waals surface area contributed by atoms with Crippen molar-refractivity contribution in [3.05, 3.63) is 0 Å². The number of carbonyl (C=O) groups is 2. The molecule has 0 aromatic carbocycles. The molecular weight excluding hydrogens is 538 g/mol. The highest BCUT2D eigenvalue weighted by Gasteiger charge is 2.48. The maximum atomic E-state index is 13.7. The molecule has 11 heteroatoms. The zero-order valence-electron chi connectivity index (χ0n) is 23.3. The first-order valence-corrected chi connectivity index (χ1v) is 16.0. The molecule has 2 aliphatic carbocycles. The molecule has 0 spiro atoms. The first kappa shape index (κ1) is 29.4. The Morgan fingerprint density at radius 1 is 1.08 bits per heavy atom. The van der Waals surface area contributed by atoms with Crippen LogP contribution in [-0.2, 0) is 19.1 Å². The number of likely N-dealkylation sites (tertiary alicyclic amines) is 1. The highest BCUT2D eigenvalue weighted by molar-refractivity contribution is 8.00. The largest absolute Gasteiger partial charge is 0.381 e. The highest BCUT2D eigenvalue weighted by Crippen LogP contribution is 2.42. The standard InChI is InChI=1S/C28H44ClN5O4S/c1-15-9-18(19-10-16(11-30)7-8-23(19)37-2)20(12-31-15)26(35)33-28-32-22-13-34(14-24(22)39-28)27(36)17-5-4-6-21(29)25(17)38-3/h15-25,28,31-32H,4-10,12-14H2,1-3H3,(H,33,35). The molecule has 2 amide bonds. The van der Waals surface area contributed by atoms with Crippen LogP contribution in [0.25, 0.3) is 0 Å². The van der Waals surface area contributed by atoms with Crippen LogP contribution in [0.3, 0.4) is 0 Å². The van der Waals surface area contributed by atoms with Gasteiger partial charge in [0.1, 0.15) is 5.50 Å². The lowest BCUT2D eigenvalue weighted by atomic mass is 9.66. The molecule has 0 radical (unpaired) electrons. The fourth-order valence-electron chi connectivity index (χ4n) is 7.83. The van der Waals surface area contributed by atoms with E-state index >= 15 is 0 Å². The lowest BCUT2D eigenvalue weighted by Crippen LogP contribution is -2.55. The summed E-state index contributed by atoms with van der Waals surface area (Å²) in [6.45, 7) is 4.12. The Kier molecular flexibility index (Phi) is 9.67. The zero-order valence-corrected chi connectivity index (χ0v) is 24.9. The molecule has 3 heterocycles. The first-order chi connectivity index (χ1) is 18.8. The van der Waals surface area contributed by atoms with Gasteiger partial charge in [-0.2, -0.15) is 5.26 Å². The Labute approximate surface area is 241 Å². The van der Waals surface area contributed by atoms with E-state index in [1.807, 2.05) is 4.90 Å². The van der Waals surface area contributed by atoms with E-state index in [2.05, 4.69) is 28.9 Å². The van der Waals surface area contributed by atoms with E-state index in [4.69, 9.17) is 21.1 Å². The highest BCUT2D eigenvalue weighted by atomic mass is 35.5. The van der Waals surface area contributed by atoms with Crippen LogP contribution >= 0.6 is 23.4 Å². The minimum absolute atomic E-state index is 0.0375. The van der Waals surface area contributed by atoms with Gasteiger partial charge in [-0.25, -0.2) is 0 Å². The molecule has 3 saturated heterocycles. The number of nitrogens with zero attached hydrogens (tertiary/aromatic N) is 2. The predicted octanol–water partition coefficient (Wildman–Crippen LogP) is 2.29. The van der Waals surface area contributed by atoms with Crippen molar-refractivity contribution in [1.82, 2.24) is 20.9 Å². The third-order valence-corrected chi connectivity index (χ3v) is 11.7. The number of amides is 2. The third kappa shape index (κ3) is 6.24. The summed E-state index contributed by atoms with van der Waals surface area (Å²) in [5.41, 5.74) is -0.171. The van der Waals surface area contributed by atoms with Crippen LogP contribution in [0.2, 0.25) is 0 Å². The van der Waals surface area contributed by atoms with Crippen LogP contribution in [-0.4, -0.2) is 91.0 Å². The minimum atomic E-state index is -0.230. The van der Waals surface area contributed by atoms with Gasteiger partial charge in [-0.3, -0.25) is 14.9 Å². The van der Waals surface area contributed by atoms with Gasteiger partial charge in [-0.1, -0.05) is 6.42 Å². The monoisotopic (exact) mass is 581 g/mol. The van der Waals surface area contributed by atoms with Gasteiger partial charge in [0.15, 0.2) is 0 Å². The summed E-state index contributed by atoms with van der Waals surface area (Å²) >= 11 is 8.19. The Bertz CT molecular complexity index is 924. The van der Waals surface area contributed by atoms with Crippen LogP contribution in [0.4, 0.5) is 0 Å². The summed E-state index contributed by atoms with van der Waals surface area (Å²) in [7, 11) is 3.40. The maximum Gasteiger partial charge on any atom is 0.228 e. The van der Waals surface area contributed by atoms with Crippen molar-refractivity contribution >= 4 is 35.2 Å². The minimum Gasteiger partial charge on any atom is -0.381 e. The van der Waals surface area contributed by atoms with Gasteiger partial charge in [0.05, 0.1) is 35.5 Å². The molecule has 0 bridgehead atoms. The van der Waals surface area contributed by atoms with E-state index in [1.165, 1.54) is 0 Å². The van der Waals surface area contributed by atoms with E-state index in [0.29, 0.717) is 25.7 Å².